The number of carbonyl (C=O) groups is 1. The number of amides is 1. The van der Waals surface area contributed by atoms with Crippen LogP contribution in [0, 0.1) is 17.6 Å². The van der Waals surface area contributed by atoms with Crippen LogP contribution in [0.4, 0.5) is 8.78 Å². The summed E-state index contributed by atoms with van der Waals surface area (Å²) in [5, 5.41) is 0.00119. The normalized spacial score (nSPS) is 21.0. The Kier molecular flexibility index (Phi) is 4.51. The van der Waals surface area contributed by atoms with E-state index >= 15 is 0 Å². The second kappa shape index (κ2) is 6.82. The SMILES string of the molecule is O=C(c1c[nH]c2cc(F)c(F)cc2c1=O)N1CCCC1CC1CCCC1. The first-order valence-corrected chi connectivity index (χ1v) is 9.36. The van der Waals surface area contributed by atoms with Gasteiger partial charge in [-0.05, 0) is 31.2 Å². The Morgan fingerprint density at radius 1 is 1.12 bits per heavy atom. The molecular weight excluding hydrogens is 338 g/mol. The molecule has 1 aromatic heterocycles. The molecule has 1 saturated carbocycles. The van der Waals surface area contributed by atoms with Gasteiger partial charge >= 0.3 is 0 Å². The first-order chi connectivity index (χ1) is 12.5. The van der Waals surface area contributed by atoms with Crippen molar-refractivity contribution in [3.63, 3.8) is 0 Å². The van der Waals surface area contributed by atoms with Gasteiger partial charge in [0, 0.05) is 30.2 Å². The molecule has 1 unspecified atom stereocenters. The molecule has 6 heteroatoms. The van der Waals surface area contributed by atoms with Gasteiger partial charge in [-0.2, -0.15) is 0 Å². The number of rotatable bonds is 3. The molecule has 0 spiro atoms. The second-order valence-corrected chi connectivity index (χ2v) is 7.52. The summed E-state index contributed by atoms with van der Waals surface area (Å²) >= 11 is 0. The largest absolute Gasteiger partial charge is 0.360 e. The average molecular weight is 360 g/mol. The third-order valence-electron chi connectivity index (χ3n) is 5.87. The summed E-state index contributed by atoms with van der Waals surface area (Å²) < 4.78 is 26.9. The summed E-state index contributed by atoms with van der Waals surface area (Å²) in [5.74, 6) is -1.75. The number of hydrogen-bond donors (Lipinski definition) is 1. The van der Waals surface area contributed by atoms with Crippen molar-refractivity contribution < 1.29 is 13.6 Å². The maximum absolute atomic E-state index is 13.5. The third kappa shape index (κ3) is 3.02. The van der Waals surface area contributed by atoms with Crippen LogP contribution in [-0.2, 0) is 0 Å². The van der Waals surface area contributed by atoms with Crippen molar-refractivity contribution in [2.45, 2.75) is 51.0 Å². The highest BCUT2D eigenvalue weighted by Crippen LogP contribution is 2.33. The molecule has 1 aliphatic carbocycles. The molecule has 2 aromatic rings. The van der Waals surface area contributed by atoms with Crippen LogP contribution in [0.5, 0.6) is 0 Å². The topological polar surface area (TPSA) is 53.2 Å². The lowest BCUT2D eigenvalue weighted by Crippen LogP contribution is -2.38. The van der Waals surface area contributed by atoms with Crippen molar-refractivity contribution in [1.82, 2.24) is 9.88 Å². The van der Waals surface area contributed by atoms with Crippen LogP contribution in [0.2, 0.25) is 0 Å². The summed E-state index contributed by atoms with van der Waals surface area (Å²) in [7, 11) is 0. The first-order valence-electron chi connectivity index (χ1n) is 9.36. The first kappa shape index (κ1) is 17.2. The molecular formula is C20H22F2N2O2. The number of hydrogen-bond acceptors (Lipinski definition) is 2. The number of carbonyl (C=O) groups excluding carboxylic acids is 1. The van der Waals surface area contributed by atoms with Gasteiger partial charge in [0.05, 0.1) is 5.52 Å². The second-order valence-electron chi connectivity index (χ2n) is 7.52. The van der Waals surface area contributed by atoms with E-state index in [0.29, 0.717) is 12.5 Å². The number of H-pyrrole nitrogens is 1. The van der Waals surface area contributed by atoms with Crippen molar-refractivity contribution in [2.75, 3.05) is 6.54 Å². The molecule has 4 nitrogen and oxygen atoms in total. The number of fused-ring (bicyclic) bond motifs is 1. The van der Waals surface area contributed by atoms with Crippen molar-refractivity contribution in [3.05, 3.63) is 45.8 Å². The van der Waals surface area contributed by atoms with Crippen molar-refractivity contribution in [1.29, 1.82) is 0 Å². The van der Waals surface area contributed by atoms with Crippen LogP contribution >= 0.6 is 0 Å². The van der Waals surface area contributed by atoms with Gasteiger partial charge in [-0.1, -0.05) is 25.7 Å². The standard InChI is InChI=1S/C20H22F2N2O2/c21-16-9-14-18(10-17(16)22)23-11-15(19(14)25)20(26)24-7-3-6-13(24)8-12-4-1-2-5-12/h9-13H,1-8H2,(H,23,25). The van der Waals surface area contributed by atoms with Gasteiger partial charge in [-0.15, -0.1) is 0 Å². The van der Waals surface area contributed by atoms with E-state index in [0.717, 1.165) is 31.4 Å². The Bertz CT molecular complexity index is 903. The summed E-state index contributed by atoms with van der Waals surface area (Å²) in [6.45, 7) is 0.644. The predicted molar refractivity (Wildman–Crippen MR) is 95.1 cm³/mol. The number of pyridine rings is 1. The van der Waals surface area contributed by atoms with Crippen LogP contribution < -0.4 is 5.43 Å². The number of aromatic amines is 1. The summed E-state index contributed by atoms with van der Waals surface area (Å²) in [6.07, 6.45) is 9.20. The lowest BCUT2D eigenvalue weighted by molar-refractivity contribution is 0.0717. The summed E-state index contributed by atoms with van der Waals surface area (Å²) in [5.41, 5.74) is -0.356. The van der Waals surface area contributed by atoms with E-state index in [1.807, 2.05) is 0 Å². The van der Waals surface area contributed by atoms with Gasteiger partial charge in [0.2, 0.25) is 5.43 Å². The number of halogens is 2. The zero-order valence-electron chi connectivity index (χ0n) is 14.6. The Hall–Kier alpha value is -2.24. The van der Waals surface area contributed by atoms with Crippen LogP contribution in [0.3, 0.4) is 0 Å². The number of aromatic nitrogens is 1. The predicted octanol–water partition coefficient (Wildman–Crippen LogP) is 3.99. The van der Waals surface area contributed by atoms with Crippen LogP contribution in [0.15, 0.2) is 23.1 Å². The molecule has 2 fully saturated rings. The minimum Gasteiger partial charge on any atom is -0.360 e. The molecule has 2 heterocycles. The Morgan fingerprint density at radius 2 is 1.85 bits per heavy atom. The van der Waals surface area contributed by atoms with E-state index in [1.165, 1.54) is 31.9 Å². The van der Waals surface area contributed by atoms with Gasteiger partial charge in [0.1, 0.15) is 5.56 Å². The molecule has 0 bridgehead atoms. The Labute approximate surface area is 150 Å². The minimum atomic E-state index is -1.09. The van der Waals surface area contributed by atoms with Crippen molar-refractivity contribution >= 4 is 16.8 Å². The smallest absolute Gasteiger partial charge is 0.259 e. The molecule has 1 saturated heterocycles. The fourth-order valence-corrected chi connectivity index (χ4v) is 4.51. The lowest BCUT2D eigenvalue weighted by Gasteiger charge is -2.27. The highest BCUT2D eigenvalue weighted by atomic mass is 19.2. The van der Waals surface area contributed by atoms with Crippen molar-refractivity contribution in [2.24, 2.45) is 5.92 Å². The molecule has 4 rings (SSSR count). The van der Waals surface area contributed by atoms with Crippen LogP contribution in [0.1, 0.15) is 55.3 Å². The monoisotopic (exact) mass is 360 g/mol. The molecule has 138 valence electrons. The third-order valence-corrected chi connectivity index (χ3v) is 5.87. The molecule has 1 aliphatic heterocycles. The van der Waals surface area contributed by atoms with Gasteiger partial charge in [-0.3, -0.25) is 9.59 Å². The minimum absolute atomic E-state index is 0.00119. The van der Waals surface area contributed by atoms with Gasteiger partial charge in [0.25, 0.3) is 5.91 Å². The quantitative estimate of drug-likeness (QED) is 0.900. The van der Waals surface area contributed by atoms with E-state index in [4.69, 9.17) is 0 Å². The summed E-state index contributed by atoms with van der Waals surface area (Å²) in [4.78, 5) is 30.2. The molecule has 2 aliphatic rings. The van der Waals surface area contributed by atoms with E-state index in [9.17, 15) is 18.4 Å². The molecule has 1 N–H and O–H groups in total. The molecule has 1 aromatic carbocycles. The van der Waals surface area contributed by atoms with Gasteiger partial charge in [-0.25, -0.2) is 8.78 Å². The highest BCUT2D eigenvalue weighted by molar-refractivity contribution is 5.97. The fraction of sp³-hybridized carbons (Fsp3) is 0.500. The van der Waals surface area contributed by atoms with Gasteiger partial charge in [0.15, 0.2) is 11.6 Å². The average Bonchev–Trinajstić information content (AvgIpc) is 3.29. The maximum Gasteiger partial charge on any atom is 0.259 e. The number of nitrogens with zero attached hydrogens (tertiary/aromatic N) is 1. The van der Waals surface area contributed by atoms with E-state index in [2.05, 4.69) is 4.98 Å². The highest BCUT2D eigenvalue weighted by Gasteiger charge is 2.33. The zero-order valence-corrected chi connectivity index (χ0v) is 14.6. The van der Waals surface area contributed by atoms with Crippen LogP contribution in [-0.4, -0.2) is 28.4 Å². The zero-order chi connectivity index (χ0) is 18.3. The number of nitrogens with one attached hydrogen (secondary N) is 1. The Morgan fingerprint density at radius 3 is 2.62 bits per heavy atom. The van der Waals surface area contributed by atoms with Gasteiger partial charge < -0.3 is 9.88 Å². The summed E-state index contributed by atoms with van der Waals surface area (Å²) in [6, 6.07) is 1.98. The van der Waals surface area contributed by atoms with E-state index in [1.54, 1.807) is 4.90 Å². The molecule has 1 atom stereocenters. The number of benzene rings is 1. The molecule has 1 amide bonds. The van der Waals surface area contributed by atoms with E-state index in [-0.39, 0.29) is 28.4 Å². The lowest BCUT2D eigenvalue weighted by atomic mass is 9.96. The molecule has 26 heavy (non-hydrogen) atoms. The number of likely N-dealkylation sites (tertiary alicyclic amines) is 1. The maximum atomic E-state index is 13.5. The Balaban J connectivity index is 1.63. The van der Waals surface area contributed by atoms with Crippen molar-refractivity contribution in [3.8, 4) is 0 Å². The van der Waals surface area contributed by atoms with E-state index < -0.39 is 17.1 Å². The fourth-order valence-electron chi connectivity index (χ4n) is 4.51. The van der Waals surface area contributed by atoms with Crippen LogP contribution in [0.25, 0.3) is 10.9 Å². The molecule has 0 radical (unpaired) electrons.